The summed E-state index contributed by atoms with van der Waals surface area (Å²) >= 11 is 0. The zero-order chi connectivity index (χ0) is 27.8. The van der Waals surface area contributed by atoms with Gasteiger partial charge in [-0.05, 0) is 79.2 Å². The zero-order valence-electron chi connectivity index (χ0n) is 22.5. The molecule has 0 atom stereocenters. The molecule has 198 valence electrons. The van der Waals surface area contributed by atoms with Gasteiger partial charge >= 0.3 is 13.2 Å². The molecule has 6 nitrogen and oxygen atoms in total. The first-order valence-electron chi connectivity index (χ1n) is 12.9. The molecule has 3 aromatic rings. The van der Waals surface area contributed by atoms with Crippen LogP contribution >= 0.6 is 0 Å². The lowest BCUT2D eigenvalue weighted by molar-refractivity contribution is 0.00578. The van der Waals surface area contributed by atoms with E-state index in [-0.39, 0.29) is 24.6 Å². The number of ether oxygens (including phenoxy) is 1. The van der Waals surface area contributed by atoms with Gasteiger partial charge in [-0.3, -0.25) is 0 Å². The molecule has 1 heterocycles. The lowest BCUT2D eigenvalue weighted by atomic mass is 9.77. The summed E-state index contributed by atoms with van der Waals surface area (Å²) in [6.07, 6.45) is 1.09. The van der Waals surface area contributed by atoms with Crippen LogP contribution < -0.4 is 5.32 Å². The van der Waals surface area contributed by atoms with E-state index in [0.29, 0.717) is 11.0 Å². The van der Waals surface area contributed by atoms with Gasteiger partial charge in [0.1, 0.15) is 12.4 Å². The summed E-state index contributed by atoms with van der Waals surface area (Å²) in [6.45, 7) is 7.95. The number of nitrogens with one attached hydrogen (secondary N) is 1. The number of hydrogen-bond donors (Lipinski definition) is 1. The Bertz CT molecular complexity index is 1430. The summed E-state index contributed by atoms with van der Waals surface area (Å²) in [5.41, 5.74) is 4.56. The van der Waals surface area contributed by atoms with E-state index >= 15 is 0 Å². The monoisotopic (exact) mass is 524 g/mol. The molecule has 1 amide bonds. The summed E-state index contributed by atoms with van der Waals surface area (Å²) in [6, 6.07) is 22.3. The molecule has 1 saturated heterocycles. The summed E-state index contributed by atoms with van der Waals surface area (Å²) in [4.78, 5) is 12.9. The van der Waals surface area contributed by atoms with Crippen LogP contribution in [0.25, 0.3) is 17.2 Å². The molecule has 2 aliphatic rings. The molecule has 0 bridgehead atoms. The maximum absolute atomic E-state index is 14.1. The van der Waals surface area contributed by atoms with Crippen LogP contribution in [0, 0.1) is 17.1 Å². The summed E-state index contributed by atoms with van der Waals surface area (Å²) in [5.74, 6) is -0.587. The van der Waals surface area contributed by atoms with Crippen molar-refractivity contribution in [1.82, 2.24) is 5.32 Å². The smallest absolute Gasteiger partial charge is 0.449 e. The number of carbonyl (C=O) groups excluding carboxylic acids is 1. The second-order valence-electron chi connectivity index (χ2n) is 10.9. The number of amides is 1. The topological polar surface area (TPSA) is 80.6 Å². The number of fused-ring (bicyclic) bond motifs is 3. The van der Waals surface area contributed by atoms with Gasteiger partial charge in [0, 0.05) is 12.5 Å². The molecule has 8 heteroatoms. The van der Waals surface area contributed by atoms with E-state index < -0.39 is 30.2 Å². The lowest BCUT2D eigenvalue weighted by Gasteiger charge is -2.32. The second kappa shape index (κ2) is 10.3. The van der Waals surface area contributed by atoms with E-state index in [1.54, 1.807) is 12.1 Å². The number of alkyl carbamates (subject to hydrolysis) is 1. The Kier molecular flexibility index (Phi) is 7.06. The van der Waals surface area contributed by atoms with Crippen molar-refractivity contribution in [3.05, 3.63) is 100 Å². The summed E-state index contributed by atoms with van der Waals surface area (Å²) < 4.78 is 32.2. The second-order valence-corrected chi connectivity index (χ2v) is 10.9. The molecule has 5 rings (SSSR count). The van der Waals surface area contributed by atoms with Gasteiger partial charge in [0.15, 0.2) is 0 Å². The summed E-state index contributed by atoms with van der Waals surface area (Å²) in [7, 11) is -0.780. The van der Waals surface area contributed by atoms with E-state index in [1.165, 1.54) is 12.1 Å². The number of carbonyl (C=O) groups is 1. The molecule has 1 aliphatic heterocycles. The Morgan fingerprint density at radius 1 is 1.03 bits per heavy atom. The van der Waals surface area contributed by atoms with Gasteiger partial charge in [0.05, 0.1) is 22.8 Å². The number of nitriles is 1. The molecule has 1 aliphatic carbocycles. The van der Waals surface area contributed by atoms with Crippen molar-refractivity contribution in [2.45, 2.75) is 44.8 Å². The zero-order valence-corrected chi connectivity index (χ0v) is 22.5. The van der Waals surface area contributed by atoms with Crippen LogP contribution in [-0.4, -0.2) is 37.6 Å². The Morgan fingerprint density at radius 2 is 1.62 bits per heavy atom. The van der Waals surface area contributed by atoms with Crippen molar-refractivity contribution >= 4 is 19.3 Å². The molecule has 0 spiro atoms. The number of nitrogens with zero attached hydrogens (tertiary/aromatic N) is 1. The highest BCUT2D eigenvalue weighted by Crippen LogP contribution is 2.44. The van der Waals surface area contributed by atoms with E-state index in [1.807, 2.05) is 58.0 Å². The Labute approximate surface area is 228 Å². The third-order valence-corrected chi connectivity index (χ3v) is 7.74. The van der Waals surface area contributed by atoms with Crippen LogP contribution in [0.5, 0.6) is 0 Å². The first-order chi connectivity index (χ1) is 18.6. The number of halogens is 1. The summed E-state index contributed by atoms with van der Waals surface area (Å²) in [5, 5.41) is 12.1. The van der Waals surface area contributed by atoms with Gasteiger partial charge in [-0.2, -0.15) is 5.26 Å². The van der Waals surface area contributed by atoms with Gasteiger partial charge in [-0.1, -0.05) is 54.6 Å². The van der Waals surface area contributed by atoms with Gasteiger partial charge in [-0.15, -0.1) is 0 Å². The highest BCUT2D eigenvalue weighted by atomic mass is 19.1. The predicted octanol–water partition coefficient (Wildman–Crippen LogP) is 6.25. The van der Waals surface area contributed by atoms with Gasteiger partial charge in [-0.25, -0.2) is 9.18 Å². The first-order valence-corrected chi connectivity index (χ1v) is 12.9. The maximum atomic E-state index is 14.1. The van der Waals surface area contributed by atoms with Crippen molar-refractivity contribution in [2.24, 2.45) is 0 Å². The molecular formula is C31H30BFN2O4. The molecule has 1 fully saturated rings. The maximum Gasteiger partial charge on any atom is 0.492 e. The average molecular weight is 524 g/mol. The van der Waals surface area contributed by atoms with Crippen LogP contribution in [-0.2, 0) is 14.0 Å². The minimum atomic E-state index is -0.780. The highest BCUT2D eigenvalue weighted by molar-refractivity contribution is 6.56. The molecule has 0 radical (unpaired) electrons. The highest BCUT2D eigenvalue weighted by Gasteiger charge is 2.52. The molecular weight excluding hydrogens is 494 g/mol. The van der Waals surface area contributed by atoms with Crippen LogP contribution in [0.1, 0.15) is 55.9 Å². The number of benzene rings is 3. The minimum absolute atomic E-state index is 0.0475. The largest absolute Gasteiger partial charge is 0.492 e. The van der Waals surface area contributed by atoms with E-state index in [9.17, 15) is 14.4 Å². The molecule has 1 N–H and O–H groups in total. The SMILES string of the molecule is CC1(C)OB(C(=Cc2cc(F)cc(C#N)c2)CNC(=O)OCC2c3ccccc3-c3ccccc32)OC1(C)C. The molecule has 0 unspecified atom stereocenters. The fourth-order valence-corrected chi connectivity index (χ4v) is 4.99. The van der Waals surface area contributed by atoms with E-state index in [2.05, 4.69) is 29.6 Å². The quantitative estimate of drug-likeness (QED) is 0.386. The fraction of sp³-hybridized carbons (Fsp3) is 0.290. The predicted molar refractivity (Wildman–Crippen MR) is 148 cm³/mol. The third-order valence-electron chi connectivity index (χ3n) is 7.74. The molecule has 0 saturated carbocycles. The van der Waals surface area contributed by atoms with Crippen LogP contribution in [0.3, 0.4) is 0 Å². The van der Waals surface area contributed by atoms with E-state index in [0.717, 1.165) is 22.3 Å². The van der Waals surface area contributed by atoms with E-state index in [4.69, 9.17) is 14.0 Å². The van der Waals surface area contributed by atoms with Crippen molar-refractivity contribution < 1.29 is 23.2 Å². The Balaban J connectivity index is 1.32. The van der Waals surface area contributed by atoms with Gasteiger partial charge in [0.25, 0.3) is 0 Å². The normalized spacial score (nSPS) is 17.3. The Hall–Kier alpha value is -3.93. The lowest BCUT2D eigenvalue weighted by Crippen LogP contribution is -2.41. The van der Waals surface area contributed by atoms with Gasteiger partial charge in [0.2, 0.25) is 0 Å². The Morgan fingerprint density at radius 3 is 2.21 bits per heavy atom. The first kappa shape index (κ1) is 26.7. The fourth-order valence-electron chi connectivity index (χ4n) is 4.99. The standard InChI is InChI=1S/C31H30BFN2O4/c1-30(2)31(3,4)39-32(38-30)22(14-20-13-21(17-34)16-23(33)15-20)18-35-29(36)37-19-28-26-11-7-5-9-24(26)25-10-6-8-12-27(25)28/h5-16,28H,18-19H2,1-4H3,(H,35,36). The average Bonchev–Trinajstić information content (AvgIpc) is 3.33. The molecule has 0 aromatic heterocycles. The van der Waals surface area contributed by atoms with Gasteiger partial charge < -0.3 is 19.4 Å². The molecule has 3 aromatic carbocycles. The van der Waals surface area contributed by atoms with Crippen molar-refractivity contribution in [3.8, 4) is 17.2 Å². The number of hydrogen-bond acceptors (Lipinski definition) is 5. The van der Waals surface area contributed by atoms with Crippen LogP contribution in [0.2, 0.25) is 0 Å². The third kappa shape index (κ3) is 5.33. The van der Waals surface area contributed by atoms with Crippen molar-refractivity contribution in [2.75, 3.05) is 13.2 Å². The van der Waals surface area contributed by atoms with Crippen LogP contribution in [0.4, 0.5) is 9.18 Å². The minimum Gasteiger partial charge on any atom is -0.449 e. The van der Waals surface area contributed by atoms with Crippen molar-refractivity contribution in [1.29, 1.82) is 5.26 Å². The van der Waals surface area contributed by atoms with Crippen molar-refractivity contribution in [3.63, 3.8) is 0 Å². The van der Waals surface area contributed by atoms with Crippen LogP contribution in [0.15, 0.2) is 72.2 Å². The molecule has 39 heavy (non-hydrogen) atoms. The number of rotatable bonds is 6.